The highest BCUT2D eigenvalue weighted by Gasteiger charge is 2.27. The highest BCUT2D eigenvalue weighted by Crippen LogP contribution is 2.07. The van der Waals surface area contributed by atoms with E-state index in [2.05, 4.69) is 10.6 Å². The predicted molar refractivity (Wildman–Crippen MR) is 59.3 cm³/mol. The van der Waals surface area contributed by atoms with E-state index >= 15 is 0 Å². The average molecular weight is 232 g/mol. The van der Waals surface area contributed by atoms with Gasteiger partial charge in [-0.2, -0.15) is 0 Å². The Balaban J connectivity index is 4.42. The third-order valence-electron chi connectivity index (χ3n) is 1.89. The molecule has 0 radical (unpaired) electrons. The van der Waals surface area contributed by atoms with Crippen molar-refractivity contribution in [1.29, 1.82) is 0 Å². The Morgan fingerprint density at radius 2 is 1.81 bits per heavy atom. The van der Waals surface area contributed by atoms with E-state index in [-0.39, 0.29) is 6.04 Å². The number of rotatable bonds is 4. The lowest BCUT2D eigenvalue weighted by molar-refractivity contribution is -0.140. The maximum Gasteiger partial charge on any atom is 0.408 e. The van der Waals surface area contributed by atoms with Crippen LogP contribution in [0.25, 0.3) is 0 Å². The van der Waals surface area contributed by atoms with E-state index in [0.29, 0.717) is 0 Å². The van der Waals surface area contributed by atoms with Gasteiger partial charge in [0, 0.05) is 6.04 Å². The molecule has 6 nitrogen and oxygen atoms in total. The number of aliphatic carboxylic acids is 1. The molecular weight excluding hydrogens is 212 g/mol. The molecule has 0 heterocycles. The van der Waals surface area contributed by atoms with Gasteiger partial charge in [-0.1, -0.05) is 0 Å². The summed E-state index contributed by atoms with van der Waals surface area (Å²) < 4.78 is 4.97. The van der Waals surface area contributed by atoms with Crippen molar-refractivity contribution in [3.63, 3.8) is 0 Å². The Labute approximate surface area is 95.4 Å². The summed E-state index contributed by atoms with van der Waals surface area (Å²) >= 11 is 0. The normalized spacial score (nSPS) is 15.1. The minimum Gasteiger partial charge on any atom is -0.480 e. The molecule has 94 valence electrons. The lowest BCUT2D eigenvalue weighted by Crippen LogP contribution is -2.53. The molecule has 0 saturated heterocycles. The van der Waals surface area contributed by atoms with Crippen LogP contribution in [0.2, 0.25) is 0 Å². The summed E-state index contributed by atoms with van der Waals surface area (Å²) in [6, 6.07) is -1.40. The standard InChI is InChI=1S/C10H20N2O4/c1-6(11-5)7(8(13)14)12-9(15)16-10(2,3)4/h6-7,11H,1-5H3,(H,12,15)(H,13,14)/t6-,7+/m0/s1. The lowest BCUT2D eigenvalue weighted by atomic mass is 10.1. The van der Waals surface area contributed by atoms with Crippen LogP contribution in [0.5, 0.6) is 0 Å². The Bertz CT molecular complexity index is 260. The Morgan fingerprint density at radius 3 is 2.12 bits per heavy atom. The van der Waals surface area contributed by atoms with Crippen molar-refractivity contribution in [2.24, 2.45) is 0 Å². The van der Waals surface area contributed by atoms with Crippen molar-refractivity contribution in [1.82, 2.24) is 10.6 Å². The van der Waals surface area contributed by atoms with Crippen molar-refractivity contribution in [3.05, 3.63) is 0 Å². The number of hydrogen-bond donors (Lipinski definition) is 3. The highest BCUT2D eigenvalue weighted by molar-refractivity contribution is 5.80. The topological polar surface area (TPSA) is 87.7 Å². The highest BCUT2D eigenvalue weighted by atomic mass is 16.6. The zero-order valence-electron chi connectivity index (χ0n) is 10.3. The molecule has 3 N–H and O–H groups in total. The van der Waals surface area contributed by atoms with Gasteiger partial charge in [-0.25, -0.2) is 9.59 Å². The number of carbonyl (C=O) groups is 2. The summed E-state index contributed by atoms with van der Waals surface area (Å²) in [5.41, 5.74) is -0.643. The minimum absolute atomic E-state index is 0.384. The van der Waals surface area contributed by atoms with Crippen LogP contribution < -0.4 is 10.6 Å². The van der Waals surface area contributed by atoms with Crippen molar-refractivity contribution >= 4 is 12.1 Å². The Hall–Kier alpha value is -1.30. The van der Waals surface area contributed by atoms with Gasteiger partial charge >= 0.3 is 12.1 Å². The Morgan fingerprint density at radius 1 is 1.31 bits per heavy atom. The second-order valence-electron chi connectivity index (χ2n) is 4.54. The van der Waals surface area contributed by atoms with Crippen LogP contribution in [0.3, 0.4) is 0 Å². The molecule has 0 aromatic carbocycles. The zero-order chi connectivity index (χ0) is 12.9. The maximum absolute atomic E-state index is 11.4. The molecule has 0 rings (SSSR count). The van der Waals surface area contributed by atoms with E-state index < -0.39 is 23.7 Å². The first kappa shape index (κ1) is 14.7. The molecule has 0 saturated carbocycles. The summed E-state index contributed by atoms with van der Waals surface area (Å²) in [6.45, 7) is 6.80. The summed E-state index contributed by atoms with van der Waals surface area (Å²) in [7, 11) is 1.62. The van der Waals surface area contributed by atoms with E-state index in [1.54, 1.807) is 34.7 Å². The van der Waals surface area contributed by atoms with Gasteiger partial charge in [0.1, 0.15) is 11.6 Å². The Kier molecular flexibility index (Phi) is 5.23. The predicted octanol–water partition coefficient (Wildman–Crippen LogP) is 0.572. The van der Waals surface area contributed by atoms with E-state index in [4.69, 9.17) is 9.84 Å². The van der Waals surface area contributed by atoms with Crippen molar-refractivity contribution in [2.75, 3.05) is 7.05 Å². The van der Waals surface area contributed by atoms with Gasteiger partial charge < -0.3 is 20.5 Å². The van der Waals surface area contributed by atoms with Gasteiger partial charge in [0.2, 0.25) is 0 Å². The average Bonchev–Trinajstić information content (AvgIpc) is 2.09. The SMILES string of the molecule is CN[C@@H](C)[C@@H](NC(=O)OC(C)(C)C)C(=O)O. The van der Waals surface area contributed by atoms with Crippen LogP contribution in [-0.2, 0) is 9.53 Å². The molecule has 2 atom stereocenters. The van der Waals surface area contributed by atoms with Gasteiger partial charge in [0.05, 0.1) is 0 Å². The first-order valence-electron chi connectivity index (χ1n) is 5.07. The van der Waals surface area contributed by atoms with Crippen LogP contribution in [0, 0.1) is 0 Å². The van der Waals surface area contributed by atoms with Crippen LogP contribution in [0.15, 0.2) is 0 Å². The number of alkyl carbamates (subject to hydrolysis) is 1. The van der Waals surface area contributed by atoms with Crippen LogP contribution in [0.1, 0.15) is 27.7 Å². The first-order chi connectivity index (χ1) is 7.17. The van der Waals surface area contributed by atoms with Gasteiger partial charge in [-0.15, -0.1) is 0 Å². The van der Waals surface area contributed by atoms with Gasteiger partial charge in [0.25, 0.3) is 0 Å². The number of carbonyl (C=O) groups excluding carboxylic acids is 1. The van der Waals surface area contributed by atoms with Crippen molar-refractivity contribution < 1.29 is 19.4 Å². The van der Waals surface area contributed by atoms with Gasteiger partial charge in [-0.3, -0.25) is 0 Å². The lowest BCUT2D eigenvalue weighted by Gasteiger charge is -2.24. The molecule has 0 fully saturated rings. The number of carboxylic acids is 1. The monoisotopic (exact) mass is 232 g/mol. The zero-order valence-corrected chi connectivity index (χ0v) is 10.3. The fourth-order valence-electron chi connectivity index (χ4n) is 1.00. The van der Waals surface area contributed by atoms with Crippen LogP contribution in [-0.4, -0.2) is 41.9 Å². The molecule has 0 bridgehead atoms. The minimum atomic E-state index is -1.10. The molecule has 0 aliphatic carbocycles. The fourth-order valence-corrected chi connectivity index (χ4v) is 1.00. The van der Waals surface area contributed by atoms with E-state index in [9.17, 15) is 9.59 Å². The number of hydrogen-bond acceptors (Lipinski definition) is 4. The largest absolute Gasteiger partial charge is 0.480 e. The molecule has 0 aromatic heterocycles. The fraction of sp³-hybridized carbons (Fsp3) is 0.800. The number of ether oxygens (including phenoxy) is 1. The molecule has 16 heavy (non-hydrogen) atoms. The smallest absolute Gasteiger partial charge is 0.408 e. The number of likely N-dealkylation sites (N-methyl/N-ethyl adjacent to an activating group) is 1. The molecule has 6 heteroatoms. The molecule has 0 aliphatic rings. The summed E-state index contributed by atoms with van der Waals surface area (Å²) in [4.78, 5) is 22.3. The molecule has 0 aromatic rings. The molecule has 0 unspecified atom stereocenters. The van der Waals surface area contributed by atoms with Crippen molar-refractivity contribution in [2.45, 2.75) is 45.4 Å². The van der Waals surface area contributed by atoms with E-state index in [0.717, 1.165) is 0 Å². The van der Waals surface area contributed by atoms with Crippen LogP contribution >= 0.6 is 0 Å². The van der Waals surface area contributed by atoms with Crippen molar-refractivity contribution in [3.8, 4) is 0 Å². The van der Waals surface area contributed by atoms with Gasteiger partial charge in [-0.05, 0) is 34.7 Å². The third-order valence-corrected chi connectivity index (χ3v) is 1.89. The number of amides is 1. The third kappa shape index (κ3) is 5.55. The molecule has 1 amide bonds. The maximum atomic E-state index is 11.4. The summed E-state index contributed by atoms with van der Waals surface area (Å²) in [6.07, 6.45) is -0.734. The van der Waals surface area contributed by atoms with E-state index in [1.807, 2.05) is 0 Å². The summed E-state index contributed by atoms with van der Waals surface area (Å²) in [5, 5.41) is 14.0. The number of carboxylic acid groups (broad SMARTS) is 1. The second kappa shape index (κ2) is 5.69. The van der Waals surface area contributed by atoms with E-state index in [1.165, 1.54) is 0 Å². The second-order valence-corrected chi connectivity index (χ2v) is 4.54. The first-order valence-corrected chi connectivity index (χ1v) is 5.07. The summed E-state index contributed by atoms with van der Waals surface area (Å²) in [5.74, 6) is -1.10. The molecule has 0 spiro atoms. The van der Waals surface area contributed by atoms with Gasteiger partial charge in [0.15, 0.2) is 0 Å². The quantitative estimate of drug-likeness (QED) is 0.659. The van der Waals surface area contributed by atoms with Crippen LogP contribution in [0.4, 0.5) is 4.79 Å². The molecule has 0 aliphatic heterocycles. The number of nitrogens with one attached hydrogen (secondary N) is 2. The molecular formula is C10H20N2O4.